The number of pyridine rings is 1. The van der Waals surface area contributed by atoms with E-state index in [1.165, 1.54) is 22.6 Å². The molecule has 0 atom stereocenters. The van der Waals surface area contributed by atoms with E-state index in [1.807, 2.05) is 0 Å². The van der Waals surface area contributed by atoms with Crippen molar-refractivity contribution in [1.82, 2.24) is 4.98 Å². The van der Waals surface area contributed by atoms with Gasteiger partial charge in [-0.15, -0.1) is 0 Å². The van der Waals surface area contributed by atoms with Crippen LogP contribution in [0.25, 0.3) is 0 Å². The van der Waals surface area contributed by atoms with Crippen molar-refractivity contribution < 1.29 is 23.6 Å². The molecule has 0 aliphatic carbocycles. The van der Waals surface area contributed by atoms with Crippen molar-refractivity contribution in [1.29, 1.82) is 0 Å². The summed E-state index contributed by atoms with van der Waals surface area (Å²) in [6, 6.07) is 0.762. The first-order chi connectivity index (χ1) is 7.34. The van der Waals surface area contributed by atoms with Gasteiger partial charge in [-0.1, -0.05) is 0 Å². The molecule has 0 aliphatic rings. The highest BCUT2D eigenvalue weighted by atomic mass is 127. The van der Waals surface area contributed by atoms with E-state index in [1.54, 1.807) is 0 Å². The summed E-state index contributed by atoms with van der Waals surface area (Å²) in [5.74, 6) is -1.51. The zero-order valence-corrected chi connectivity index (χ0v) is 9.51. The molecule has 0 radical (unpaired) electrons. The van der Waals surface area contributed by atoms with E-state index in [-0.39, 0.29) is 3.57 Å². The summed E-state index contributed by atoms with van der Waals surface area (Å²) in [7, 11) is 0. The second-order valence-corrected chi connectivity index (χ2v) is 3.75. The Morgan fingerprint density at radius 2 is 2.19 bits per heavy atom. The van der Waals surface area contributed by atoms with Gasteiger partial charge in [-0.05, 0) is 22.6 Å². The number of hydrogen-bond acceptors (Lipinski definition) is 4. The lowest BCUT2D eigenvalue weighted by molar-refractivity contribution is -0.386. The van der Waals surface area contributed by atoms with Gasteiger partial charge in [-0.25, -0.2) is 18.6 Å². The molecule has 1 aromatic heterocycles. The summed E-state index contributed by atoms with van der Waals surface area (Å²) >= 11 is 1.48. The third-order valence-corrected chi connectivity index (χ3v) is 2.41. The molecule has 86 valence electrons. The standard InChI is InChI=1S/C7H3F2IN2O4/c8-6(9)5-3(12(15)16)1-2(10)4(11-5)7(13)14/h1,6H,(H,13,14). The zero-order chi connectivity index (χ0) is 12.5. The van der Waals surface area contributed by atoms with Crippen molar-refractivity contribution in [3.63, 3.8) is 0 Å². The first-order valence-electron chi connectivity index (χ1n) is 3.71. The van der Waals surface area contributed by atoms with Crippen molar-refractivity contribution in [3.05, 3.63) is 31.1 Å². The molecule has 0 amide bonds. The topological polar surface area (TPSA) is 93.3 Å². The van der Waals surface area contributed by atoms with Crippen LogP contribution >= 0.6 is 22.6 Å². The monoisotopic (exact) mass is 344 g/mol. The van der Waals surface area contributed by atoms with Crippen LogP contribution in [0.5, 0.6) is 0 Å². The number of carboxylic acid groups (broad SMARTS) is 1. The third kappa shape index (κ3) is 2.40. The predicted molar refractivity (Wildman–Crippen MR) is 55.5 cm³/mol. The van der Waals surface area contributed by atoms with Gasteiger partial charge in [0.2, 0.25) is 0 Å². The number of rotatable bonds is 3. The molecule has 0 spiro atoms. The van der Waals surface area contributed by atoms with Gasteiger partial charge in [0, 0.05) is 6.07 Å². The van der Waals surface area contributed by atoms with Crippen LogP contribution in [-0.2, 0) is 0 Å². The molecule has 0 aliphatic heterocycles. The number of carbonyl (C=O) groups is 1. The fourth-order valence-corrected chi connectivity index (χ4v) is 1.60. The Bertz CT molecular complexity index is 466. The molecule has 1 N–H and O–H groups in total. The van der Waals surface area contributed by atoms with Crippen molar-refractivity contribution in [2.75, 3.05) is 0 Å². The highest BCUT2D eigenvalue weighted by Crippen LogP contribution is 2.29. The van der Waals surface area contributed by atoms with E-state index in [9.17, 15) is 23.7 Å². The minimum Gasteiger partial charge on any atom is -0.476 e. The van der Waals surface area contributed by atoms with Crippen LogP contribution in [0.15, 0.2) is 6.07 Å². The molecule has 6 nitrogen and oxygen atoms in total. The smallest absolute Gasteiger partial charge is 0.355 e. The molecule has 0 aromatic carbocycles. The molecule has 1 aromatic rings. The quantitative estimate of drug-likeness (QED) is 0.516. The average molecular weight is 344 g/mol. The van der Waals surface area contributed by atoms with Crippen LogP contribution in [0.3, 0.4) is 0 Å². The van der Waals surface area contributed by atoms with Crippen LogP contribution in [0, 0.1) is 13.7 Å². The lowest BCUT2D eigenvalue weighted by atomic mass is 10.2. The summed E-state index contributed by atoms with van der Waals surface area (Å²) in [5, 5.41) is 19.1. The van der Waals surface area contributed by atoms with Crippen LogP contribution in [0.4, 0.5) is 14.5 Å². The van der Waals surface area contributed by atoms with Gasteiger partial charge in [-0.2, -0.15) is 0 Å². The molecule has 1 heterocycles. The fourth-order valence-electron chi connectivity index (χ4n) is 0.950. The molecule has 0 saturated carbocycles. The summed E-state index contributed by atoms with van der Waals surface area (Å²) in [6.07, 6.45) is -3.20. The number of aromatic carboxylic acids is 1. The number of halogens is 3. The third-order valence-electron chi connectivity index (χ3n) is 1.59. The molecule has 0 unspecified atom stereocenters. The molecule has 0 saturated heterocycles. The minimum atomic E-state index is -3.20. The average Bonchev–Trinajstić information content (AvgIpc) is 2.15. The molecular weight excluding hydrogens is 341 g/mol. The fraction of sp³-hybridized carbons (Fsp3) is 0.143. The first kappa shape index (κ1) is 12.7. The number of carboxylic acids is 1. The Morgan fingerprint density at radius 1 is 1.62 bits per heavy atom. The molecule has 16 heavy (non-hydrogen) atoms. The van der Waals surface area contributed by atoms with Crippen LogP contribution < -0.4 is 0 Å². The maximum atomic E-state index is 12.4. The molecule has 0 bridgehead atoms. The van der Waals surface area contributed by atoms with E-state index in [0.717, 1.165) is 6.07 Å². The van der Waals surface area contributed by atoms with E-state index < -0.39 is 34.4 Å². The SMILES string of the molecule is O=C(O)c1nc(C(F)F)c([N+](=O)[O-])cc1I. The van der Waals surface area contributed by atoms with Gasteiger partial charge >= 0.3 is 5.97 Å². The highest BCUT2D eigenvalue weighted by molar-refractivity contribution is 14.1. The Balaban J connectivity index is 3.49. The van der Waals surface area contributed by atoms with Crippen molar-refractivity contribution >= 4 is 34.2 Å². The molecule has 0 fully saturated rings. The van der Waals surface area contributed by atoms with E-state index in [0.29, 0.717) is 0 Å². The van der Waals surface area contributed by atoms with Crippen LogP contribution in [0.1, 0.15) is 22.6 Å². The maximum Gasteiger partial charge on any atom is 0.355 e. The lowest BCUT2D eigenvalue weighted by Gasteiger charge is -2.04. The first-order valence-corrected chi connectivity index (χ1v) is 4.78. The summed E-state index contributed by atoms with van der Waals surface area (Å²) in [5.41, 5.74) is -2.64. The Kier molecular flexibility index (Phi) is 3.67. The van der Waals surface area contributed by atoms with Crippen LogP contribution in [-0.4, -0.2) is 21.0 Å². The molecular formula is C7H3F2IN2O4. The lowest BCUT2D eigenvalue weighted by Crippen LogP contribution is -2.09. The van der Waals surface area contributed by atoms with E-state index in [4.69, 9.17) is 5.11 Å². The van der Waals surface area contributed by atoms with Gasteiger partial charge in [0.1, 0.15) is 0 Å². The Hall–Kier alpha value is -1.39. The van der Waals surface area contributed by atoms with Gasteiger partial charge < -0.3 is 5.11 Å². The largest absolute Gasteiger partial charge is 0.476 e. The summed E-state index contributed by atoms with van der Waals surface area (Å²) in [4.78, 5) is 23.1. The number of aromatic nitrogens is 1. The summed E-state index contributed by atoms with van der Waals surface area (Å²) < 4.78 is 24.7. The number of hydrogen-bond donors (Lipinski definition) is 1. The van der Waals surface area contributed by atoms with Crippen molar-refractivity contribution in [2.24, 2.45) is 0 Å². The van der Waals surface area contributed by atoms with Gasteiger partial charge in [0.05, 0.1) is 8.49 Å². The van der Waals surface area contributed by atoms with Gasteiger partial charge in [-0.3, -0.25) is 10.1 Å². The Morgan fingerprint density at radius 3 is 2.56 bits per heavy atom. The van der Waals surface area contributed by atoms with E-state index in [2.05, 4.69) is 4.98 Å². The van der Waals surface area contributed by atoms with Gasteiger partial charge in [0.25, 0.3) is 12.1 Å². The maximum absolute atomic E-state index is 12.4. The zero-order valence-electron chi connectivity index (χ0n) is 7.35. The van der Waals surface area contributed by atoms with E-state index >= 15 is 0 Å². The predicted octanol–water partition coefficient (Wildman–Crippen LogP) is 2.23. The number of alkyl halides is 2. The second kappa shape index (κ2) is 4.63. The second-order valence-electron chi connectivity index (χ2n) is 2.59. The normalized spacial score (nSPS) is 10.5. The van der Waals surface area contributed by atoms with Gasteiger partial charge in [0.15, 0.2) is 11.4 Å². The molecule has 9 heteroatoms. The summed E-state index contributed by atoms with van der Waals surface area (Å²) in [6.45, 7) is 0. The number of nitrogens with zero attached hydrogens (tertiary/aromatic N) is 2. The molecule has 1 rings (SSSR count). The van der Waals surface area contributed by atoms with Crippen molar-refractivity contribution in [2.45, 2.75) is 6.43 Å². The van der Waals surface area contributed by atoms with Crippen LogP contribution in [0.2, 0.25) is 0 Å². The number of nitro groups is 1. The highest BCUT2D eigenvalue weighted by Gasteiger charge is 2.27. The Labute approximate surface area is 101 Å². The van der Waals surface area contributed by atoms with Crippen molar-refractivity contribution in [3.8, 4) is 0 Å². The minimum absolute atomic E-state index is 0.0683.